The Morgan fingerprint density at radius 3 is 1.52 bits per heavy atom. The Balaban J connectivity index is 1.21. The lowest BCUT2D eigenvalue weighted by atomic mass is 9.79. The maximum Gasteiger partial charge on any atom is 0.280 e. The molecule has 63 heavy (non-hydrogen) atoms. The molecule has 1 saturated heterocycles. The third-order valence-electron chi connectivity index (χ3n) is 11.6. The summed E-state index contributed by atoms with van der Waals surface area (Å²) in [4.78, 5) is 37.6. The number of anilines is 1. The molecule has 9 rings (SSSR count). The summed E-state index contributed by atoms with van der Waals surface area (Å²) in [7, 11) is 0. The molecule has 1 fully saturated rings. The molecule has 2 aromatic heterocycles. The minimum atomic E-state index is -1.87. The van der Waals surface area contributed by atoms with Gasteiger partial charge in [-0.25, -0.2) is 9.37 Å². The number of nitrogens with zero attached hydrogens (tertiary/aromatic N) is 3. The van der Waals surface area contributed by atoms with Crippen LogP contribution >= 0.6 is 0 Å². The summed E-state index contributed by atoms with van der Waals surface area (Å²) in [6, 6.07) is 59.1. The van der Waals surface area contributed by atoms with Crippen LogP contribution < -0.4 is 10.9 Å². The standard InChI is InChI=1S/C52H46FN5O5/c1-35(2)47(59)56-50-55-46-44(48(60)57-50)54-34-58(46)49-43(53)45(63-52(39-27-15-6-16-28-39,40-29-17-7-18-30-40)41-31-19-8-20-32-41)42(62-49)33-61-51(36-21-9-3-10-22-36,37-23-11-4-12-24-37)38-25-13-5-14-26-38/h3-32,34-35,42-43,45,49H,33H2,1-2H3,(H2,55,56,57,59,60)/t42-,43+,45-,49-/m1/s1. The van der Waals surface area contributed by atoms with Crippen molar-refractivity contribution in [2.75, 3.05) is 11.9 Å². The highest BCUT2D eigenvalue weighted by Gasteiger charge is 2.53. The zero-order chi connectivity index (χ0) is 43.4. The van der Waals surface area contributed by atoms with Gasteiger partial charge in [-0.05, 0) is 33.4 Å². The van der Waals surface area contributed by atoms with Gasteiger partial charge < -0.3 is 14.2 Å². The molecule has 0 saturated carbocycles. The van der Waals surface area contributed by atoms with Crippen molar-refractivity contribution in [1.82, 2.24) is 19.5 Å². The summed E-state index contributed by atoms with van der Waals surface area (Å²) >= 11 is 0. The summed E-state index contributed by atoms with van der Waals surface area (Å²) in [5, 5.41) is 2.65. The van der Waals surface area contributed by atoms with Crippen LogP contribution in [-0.2, 0) is 30.2 Å². The fourth-order valence-electron chi connectivity index (χ4n) is 8.53. The highest BCUT2D eigenvalue weighted by molar-refractivity contribution is 5.91. The number of benzene rings is 6. The van der Waals surface area contributed by atoms with E-state index < -0.39 is 47.3 Å². The normalized spacial score (nSPS) is 17.8. The summed E-state index contributed by atoms with van der Waals surface area (Å²) in [6.07, 6.45) is -4.29. The number of carbonyl (C=O) groups is 1. The summed E-state index contributed by atoms with van der Waals surface area (Å²) in [5.74, 6) is -0.840. The number of amides is 1. The van der Waals surface area contributed by atoms with Crippen molar-refractivity contribution < 1.29 is 23.4 Å². The molecule has 0 bridgehead atoms. The topological polar surface area (TPSA) is 120 Å². The Labute approximate surface area is 364 Å². The van der Waals surface area contributed by atoms with Gasteiger partial charge in [0.25, 0.3) is 5.56 Å². The second-order valence-corrected chi connectivity index (χ2v) is 15.8. The first-order valence-electron chi connectivity index (χ1n) is 21.0. The number of aromatic amines is 1. The van der Waals surface area contributed by atoms with Crippen LogP contribution in [0.4, 0.5) is 10.3 Å². The largest absolute Gasteiger partial charge is 0.358 e. The number of hydrogen-bond acceptors (Lipinski definition) is 7. The van der Waals surface area contributed by atoms with E-state index in [1.165, 1.54) is 10.9 Å². The number of alkyl halides is 1. The molecule has 2 N–H and O–H groups in total. The molecule has 1 aliphatic heterocycles. The highest BCUT2D eigenvalue weighted by Crippen LogP contribution is 2.47. The third kappa shape index (κ3) is 7.75. The van der Waals surface area contributed by atoms with Crippen LogP contribution in [-0.4, -0.2) is 50.4 Å². The van der Waals surface area contributed by atoms with Gasteiger partial charge in [0, 0.05) is 5.92 Å². The Morgan fingerprint density at radius 2 is 1.11 bits per heavy atom. The molecule has 0 radical (unpaired) electrons. The Bertz CT molecular complexity index is 2630. The maximum atomic E-state index is 18.2. The average molecular weight is 840 g/mol. The van der Waals surface area contributed by atoms with Gasteiger partial charge in [0.2, 0.25) is 11.9 Å². The molecule has 6 aromatic carbocycles. The van der Waals surface area contributed by atoms with Crippen molar-refractivity contribution in [3.8, 4) is 0 Å². The molecule has 3 heterocycles. The molecule has 10 nitrogen and oxygen atoms in total. The number of aromatic nitrogens is 4. The van der Waals surface area contributed by atoms with Gasteiger partial charge in [-0.1, -0.05) is 196 Å². The fraction of sp³-hybridized carbons (Fsp3) is 0.192. The van der Waals surface area contributed by atoms with Crippen molar-refractivity contribution in [3.63, 3.8) is 0 Å². The van der Waals surface area contributed by atoms with Gasteiger partial charge in [-0.15, -0.1) is 0 Å². The van der Waals surface area contributed by atoms with Crippen LogP contribution in [0.5, 0.6) is 0 Å². The molecule has 8 aromatic rings. The zero-order valence-corrected chi connectivity index (χ0v) is 34.8. The van der Waals surface area contributed by atoms with Crippen LogP contribution in [0.1, 0.15) is 53.5 Å². The quantitative estimate of drug-likeness (QED) is 0.105. The van der Waals surface area contributed by atoms with E-state index in [0.717, 1.165) is 33.4 Å². The zero-order valence-electron chi connectivity index (χ0n) is 34.8. The lowest BCUT2D eigenvalue weighted by molar-refractivity contribution is -0.128. The Morgan fingerprint density at radius 1 is 0.698 bits per heavy atom. The van der Waals surface area contributed by atoms with Crippen molar-refractivity contribution >= 4 is 23.0 Å². The number of fused-ring (bicyclic) bond motifs is 1. The number of imidazole rings is 1. The van der Waals surface area contributed by atoms with E-state index in [1.807, 2.05) is 182 Å². The van der Waals surface area contributed by atoms with E-state index >= 15 is 4.39 Å². The lowest BCUT2D eigenvalue weighted by Gasteiger charge is -2.40. The van der Waals surface area contributed by atoms with Crippen molar-refractivity contribution in [2.24, 2.45) is 5.92 Å². The molecule has 11 heteroatoms. The predicted octanol–water partition coefficient (Wildman–Crippen LogP) is 9.34. The van der Waals surface area contributed by atoms with Crippen molar-refractivity contribution in [1.29, 1.82) is 0 Å². The van der Waals surface area contributed by atoms with Crippen LogP contribution in [0.15, 0.2) is 193 Å². The monoisotopic (exact) mass is 839 g/mol. The molecule has 316 valence electrons. The molecule has 1 aliphatic rings. The summed E-state index contributed by atoms with van der Waals surface area (Å²) in [5.41, 5.74) is 1.77. The first kappa shape index (κ1) is 41.3. The van der Waals surface area contributed by atoms with Gasteiger partial charge in [-0.3, -0.25) is 24.5 Å². The molecule has 4 atom stereocenters. The highest BCUT2D eigenvalue weighted by atomic mass is 19.1. The third-order valence-corrected chi connectivity index (χ3v) is 11.6. The van der Waals surface area contributed by atoms with Crippen LogP contribution in [0.2, 0.25) is 0 Å². The van der Waals surface area contributed by atoms with Gasteiger partial charge >= 0.3 is 0 Å². The van der Waals surface area contributed by atoms with E-state index in [-0.39, 0.29) is 29.6 Å². The number of H-pyrrole nitrogens is 1. The molecule has 0 spiro atoms. The summed E-state index contributed by atoms with van der Waals surface area (Å²) < 4.78 is 41.3. The van der Waals surface area contributed by atoms with Crippen LogP contribution in [0.25, 0.3) is 11.2 Å². The van der Waals surface area contributed by atoms with Crippen molar-refractivity contribution in [2.45, 2.75) is 49.7 Å². The smallest absolute Gasteiger partial charge is 0.280 e. The molecular formula is C52H46FN5O5. The maximum absolute atomic E-state index is 18.2. The summed E-state index contributed by atoms with van der Waals surface area (Å²) in [6.45, 7) is 3.30. The number of rotatable bonds is 14. The number of halogens is 1. The minimum absolute atomic E-state index is 0.0263. The van der Waals surface area contributed by atoms with Crippen molar-refractivity contribution in [3.05, 3.63) is 232 Å². The number of hydrogen-bond donors (Lipinski definition) is 2. The molecular weight excluding hydrogens is 794 g/mol. The van der Waals surface area contributed by atoms with E-state index in [1.54, 1.807) is 13.8 Å². The first-order chi connectivity index (χ1) is 30.8. The minimum Gasteiger partial charge on any atom is -0.358 e. The first-order valence-corrected chi connectivity index (χ1v) is 21.0. The molecule has 0 aliphatic carbocycles. The number of carbonyl (C=O) groups excluding carboxylic acids is 1. The van der Waals surface area contributed by atoms with Crippen LogP contribution in [0, 0.1) is 5.92 Å². The predicted molar refractivity (Wildman–Crippen MR) is 240 cm³/mol. The second-order valence-electron chi connectivity index (χ2n) is 15.8. The van der Waals surface area contributed by atoms with Crippen LogP contribution in [0.3, 0.4) is 0 Å². The van der Waals surface area contributed by atoms with Gasteiger partial charge in [0.05, 0.1) is 12.9 Å². The lowest BCUT2D eigenvalue weighted by Crippen LogP contribution is -2.45. The average Bonchev–Trinajstić information content (AvgIpc) is 3.90. The number of nitrogens with one attached hydrogen (secondary N) is 2. The SMILES string of the molecule is CC(C)C(=O)Nc1nc2c(ncn2[C@@H]2O[C@H](COC(c3ccccc3)(c3ccccc3)c3ccccc3)[C@@H](OC(c3ccccc3)(c3ccccc3)c3ccccc3)[C@@H]2F)c(=O)[nH]1. The van der Waals surface area contributed by atoms with Gasteiger partial charge in [0.1, 0.15) is 23.4 Å². The van der Waals surface area contributed by atoms with E-state index in [2.05, 4.69) is 20.3 Å². The van der Waals surface area contributed by atoms with Gasteiger partial charge in [0.15, 0.2) is 23.6 Å². The Kier molecular flexibility index (Phi) is 11.6. The Hall–Kier alpha value is -7.05. The molecule has 1 amide bonds. The number of ether oxygens (including phenoxy) is 3. The van der Waals surface area contributed by atoms with E-state index in [0.29, 0.717) is 0 Å². The van der Waals surface area contributed by atoms with E-state index in [9.17, 15) is 9.59 Å². The molecule has 0 unspecified atom stereocenters. The van der Waals surface area contributed by atoms with Gasteiger partial charge in [-0.2, -0.15) is 4.98 Å². The van der Waals surface area contributed by atoms with E-state index in [4.69, 9.17) is 14.2 Å². The second kappa shape index (κ2) is 17.7. The fourth-order valence-corrected chi connectivity index (χ4v) is 8.53.